The van der Waals surface area contributed by atoms with Gasteiger partial charge in [-0.2, -0.15) is 0 Å². The summed E-state index contributed by atoms with van der Waals surface area (Å²) in [5.41, 5.74) is 2.21. The molecule has 0 saturated carbocycles. The van der Waals surface area contributed by atoms with E-state index in [2.05, 4.69) is 5.32 Å². The molecule has 5 nitrogen and oxygen atoms in total. The summed E-state index contributed by atoms with van der Waals surface area (Å²) in [6, 6.07) is 9.71. The van der Waals surface area contributed by atoms with E-state index in [1.54, 1.807) is 17.0 Å². The number of anilines is 1. The summed E-state index contributed by atoms with van der Waals surface area (Å²) < 4.78 is 15.5. The monoisotopic (exact) mass is 338 g/mol. The minimum atomic E-state index is -0.397. The zero-order valence-corrected chi connectivity index (χ0v) is 13.9. The summed E-state index contributed by atoms with van der Waals surface area (Å²) >= 11 is 0. The number of aromatic nitrogens is 2. The highest BCUT2D eigenvalue weighted by Gasteiger charge is 2.32. The number of nitrogens with zero attached hydrogens (tertiary/aromatic N) is 3. The maximum Gasteiger partial charge on any atom is 0.254 e. The van der Waals surface area contributed by atoms with Gasteiger partial charge in [0.1, 0.15) is 11.6 Å². The summed E-state index contributed by atoms with van der Waals surface area (Å²) in [6.45, 7) is 0.653. The average molecular weight is 338 g/mol. The van der Waals surface area contributed by atoms with Crippen molar-refractivity contribution in [2.24, 2.45) is 0 Å². The normalized spacial score (nSPS) is 17.2. The Hall–Kier alpha value is -2.89. The minimum Gasteiger partial charge on any atom is -0.371 e. The molecule has 1 amide bonds. The number of carbonyl (C=O) groups excluding carboxylic acids is 1. The van der Waals surface area contributed by atoms with Crippen LogP contribution in [-0.2, 0) is 0 Å². The quantitative estimate of drug-likeness (QED) is 0.795. The van der Waals surface area contributed by atoms with Gasteiger partial charge in [-0.25, -0.2) is 9.37 Å². The Balaban J connectivity index is 1.71. The second-order valence-electron chi connectivity index (χ2n) is 6.23. The molecule has 0 unspecified atom stereocenters. The van der Waals surface area contributed by atoms with Crippen molar-refractivity contribution in [1.82, 2.24) is 14.3 Å². The van der Waals surface area contributed by atoms with Crippen molar-refractivity contribution >= 4 is 17.2 Å². The molecule has 1 aliphatic rings. The Morgan fingerprint density at radius 1 is 1.32 bits per heavy atom. The Labute approximate surface area is 145 Å². The first-order valence-electron chi connectivity index (χ1n) is 8.39. The third kappa shape index (κ3) is 2.73. The predicted molar refractivity (Wildman–Crippen MR) is 94.2 cm³/mol. The molecule has 2 aromatic heterocycles. The molecular weight excluding hydrogens is 319 g/mol. The van der Waals surface area contributed by atoms with Crippen LogP contribution in [-0.4, -0.2) is 33.8 Å². The van der Waals surface area contributed by atoms with E-state index in [1.165, 1.54) is 12.1 Å². The molecule has 1 N–H and O–H groups in total. The van der Waals surface area contributed by atoms with Gasteiger partial charge in [-0.05, 0) is 43.2 Å². The van der Waals surface area contributed by atoms with Crippen molar-refractivity contribution in [3.8, 4) is 0 Å². The Bertz CT molecular complexity index is 936. The van der Waals surface area contributed by atoms with Crippen LogP contribution in [0.1, 0.15) is 34.9 Å². The molecule has 1 atom stereocenters. The fourth-order valence-electron chi connectivity index (χ4n) is 3.51. The molecule has 1 aromatic carbocycles. The van der Waals surface area contributed by atoms with Crippen molar-refractivity contribution in [1.29, 1.82) is 0 Å². The summed E-state index contributed by atoms with van der Waals surface area (Å²) in [5, 5.41) is 3.12. The molecule has 4 rings (SSSR count). The minimum absolute atomic E-state index is 0.102. The largest absolute Gasteiger partial charge is 0.371 e. The molecule has 3 heterocycles. The van der Waals surface area contributed by atoms with Crippen LogP contribution in [0.15, 0.2) is 48.8 Å². The SMILES string of the molecule is CNc1nc([C@H]2CCCN2C(=O)c2cccc(F)c2)cn2cccc12. The molecular formula is C19H19FN4O. The van der Waals surface area contributed by atoms with Crippen LogP contribution in [0, 0.1) is 5.82 Å². The summed E-state index contributed by atoms with van der Waals surface area (Å²) in [7, 11) is 1.84. The lowest BCUT2D eigenvalue weighted by Gasteiger charge is -2.25. The highest BCUT2D eigenvalue weighted by Crippen LogP contribution is 2.33. The predicted octanol–water partition coefficient (Wildman–Crippen LogP) is 3.49. The van der Waals surface area contributed by atoms with E-state index in [9.17, 15) is 9.18 Å². The lowest BCUT2D eigenvalue weighted by atomic mass is 10.1. The van der Waals surface area contributed by atoms with Crippen LogP contribution < -0.4 is 5.32 Å². The molecule has 6 heteroatoms. The van der Waals surface area contributed by atoms with E-state index in [0.717, 1.165) is 29.9 Å². The van der Waals surface area contributed by atoms with Crippen molar-refractivity contribution < 1.29 is 9.18 Å². The lowest BCUT2D eigenvalue weighted by Crippen LogP contribution is -2.31. The topological polar surface area (TPSA) is 49.6 Å². The van der Waals surface area contributed by atoms with Gasteiger partial charge in [-0.15, -0.1) is 0 Å². The molecule has 0 radical (unpaired) electrons. The molecule has 1 aliphatic heterocycles. The fourth-order valence-corrected chi connectivity index (χ4v) is 3.51. The smallest absolute Gasteiger partial charge is 0.254 e. The van der Waals surface area contributed by atoms with Crippen LogP contribution in [0.5, 0.6) is 0 Å². The number of likely N-dealkylation sites (tertiary alicyclic amines) is 1. The van der Waals surface area contributed by atoms with Crippen LogP contribution in [0.4, 0.5) is 10.2 Å². The van der Waals surface area contributed by atoms with E-state index in [-0.39, 0.29) is 11.9 Å². The number of benzene rings is 1. The first-order valence-corrected chi connectivity index (χ1v) is 8.39. The Morgan fingerprint density at radius 3 is 3.00 bits per heavy atom. The number of amides is 1. The molecule has 0 spiro atoms. The number of rotatable bonds is 3. The average Bonchev–Trinajstić information content (AvgIpc) is 3.29. The molecule has 0 aliphatic carbocycles. The molecule has 0 bridgehead atoms. The van der Waals surface area contributed by atoms with Gasteiger partial charge < -0.3 is 14.6 Å². The van der Waals surface area contributed by atoms with Crippen molar-refractivity contribution in [3.63, 3.8) is 0 Å². The van der Waals surface area contributed by atoms with Crippen LogP contribution in [0.2, 0.25) is 0 Å². The third-order valence-corrected chi connectivity index (χ3v) is 4.70. The second kappa shape index (κ2) is 6.20. The van der Waals surface area contributed by atoms with Gasteiger partial charge in [0.15, 0.2) is 0 Å². The Morgan fingerprint density at radius 2 is 2.20 bits per heavy atom. The maximum atomic E-state index is 13.5. The molecule has 1 fully saturated rings. The number of hydrogen-bond acceptors (Lipinski definition) is 3. The number of hydrogen-bond donors (Lipinski definition) is 1. The van der Waals surface area contributed by atoms with Gasteiger partial charge in [0.25, 0.3) is 5.91 Å². The molecule has 25 heavy (non-hydrogen) atoms. The van der Waals surface area contributed by atoms with Crippen molar-refractivity contribution in [3.05, 3.63) is 65.9 Å². The van der Waals surface area contributed by atoms with Gasteiger partial charge in [-0.3, -0.25) is 4.79 Å². The molecule has 128 valence electrons. The van der Waals surface area contributed by atoms with Gasteiger partial charge in [0, 0.05) is 31.5 Å². The summed E-state index contributed by atoms with van der Waals surface area (Å²) in [5.74, 6) is 0.237. The summed E-state index contributed by atoms with van der Waals surface area (Å²) in [4.78, 5) is 19.4. The fraction of sp³-hybridized carbons (Fsp3) is 0.263. The molecule has 1 saturated heterocycles. The van der Waals surface area contributed by atoms with Crippen molar-refractivity contribution in [2.75, 3.05) is 18.9 Å². The first-order chi connectivity index (χ1) is 12.2. The molecule has 3 aromatic rings. The van der Waals surface area contributed by atoms with Crippen LogP contribution >= 0.6 is 0 Å². The van der Waals surface area contributed by atoms with Gasteiger partial charge in [-0.1, -0.05) is 6.07 Å². The van der Waals surface area contributed by atoms with Gasteiger partial charge in [0.05, 0.1) is 17.3 Å². The zero-order chi connectivity index (χ0) is 17.4. The Kier molecular flexibility index (Phi) is 3.87. The first kappa shape index (κ1) is 15.6. The standard InChI is InChI=1S/C19H19FN4O/c1-21-18-17-8-3-9-23(17)12-15(22-18)16-7-4-10-24(16)19(25)13-5-2-6-14(20)11-13/h2-3,5-6,8-9,11-12,16H,4,7,10H2,1H3,(H,21,22)/t16-/m1/s1. The number of halogens is 1. The van der Waals surface area contributed by atoms with E-state index >= 15 is 0 Å². The highest BCUT2D eigenvalue weighted by atomic mass is 19.1. The van der Waals surface area contributed by atoms with E-state index in [4.69, 9.17) is 4.98 Å². The lowest BCUT2D eigenvalue weighted by molar-refractivity contribution is 0.0732. The van der Waals surface area contributed by atoms with E-state index < -0.39 is 5.82 Å². The maximum absolute atomic E-state index is 13.5. The zero-order valence-electron chi connectivity index (χ0n) is 13.9. The van der Waals surface area contributed by atoms with Crippen LogP contribution in [0.3, 0.4) is 0 Å². The number of fused-ring (bicyclic) bond motifs is 1. The van der Waals surface area contributed by atoms with E-state index in [1.807, 2.05) is 36.0 Å². The van der Waals surface area contributed by atoms with Crippen molar-refractivity contribution in [2.45, 2.75) is 18.9 Å². The number of nitrogens with one attached hydrogen (secondary N) is 1. The number of carbonyl (C=O) groups is 1. The van der Waals surface area contributed by atoms with Gasteiger partial charge in [0.2, 0.25) is 0 Å². The van der Waals surface area contributed by atoms with Gasteiger partial charge >= 0.3 is 0 Å². The summed E-state index contributed by atoms with van der Waals surface area (Å²) in [6.07, 6.45) is 5.70. The second-order valence-corrected chi connectivity index (χ2v) is 6.23. The van der Waals surface area contributed by atoms with Crippen LogP contribution in [0.25, 0.3) is 5.52 Å². The van der Waals surface area contributed by atoms with E-state index in [0.29, 0.717) is 12.1 Å². The highest BCUT2D eigenvalue weighted by molar-refractivity contribution is 5.94. The third-order valence-electron chi connectivity index (χ3n) is 4.70.